The molecule has 126 valence electrons. The van der Waals surface area contributed by atoms with Gasteiger partial charge in [-0.2, -0.15) is 0 Å². The summed E-state index contributed by atoms with van der Waals surface area (Å²) >= 11 is 0. The predicted molar refractivity (Wildman–Crippen MR) is 81.7 cm³/mol. The highest BCUT2D eigenvalue weighted by atomic mass is 19.1. The second kappa shape index (κ2) is 5.76. The van der Waals surface area contributed by atoms with E-state index < -0.39 is 23.5 Å². The molecule has 0 spiro atoms. The van der Waals surface area contributed by atoms with E-state index in [2.05, 4.69) is 4.98 Å². The maximum Gasteiger partial charge on any atom is 0.339 e. The lowest BCUT2D eigenvalue weighted by Crippen LogP contribution is -2.28. The second-order valence-electron chi connectivity index (χ2n) is 6.00. The number of carbonyl (C=O) groups is 1. The number of fused-ring (bicyclic) bond motifs is 1. The van der Waals surface area contributed by atoms with Crippen LogP contribution >= 0.6 is 0 Å². The molecule has 1 aliphatic rings. The van der Waals surface area contributed by atoms with E-state index >= 15 is 0 Å². The Bertz CT molecular complexity index is 800. The number of rotatable bonds is 3. The summed E-state index contributed by atoms with van der Waals surface area (Å²) in [6.45, 7) is 2.91. The third kappa shape index (κ3) is 2.78. The summed E-state index contributed by atoms with van der Waals surface area (Å²) < 4.78 is 25.5. The van der Waals surface area contributed by atoms with Crippen LogP contribution in [0.25, 0.3) is 0 Å². The smallest absolute Gasteiger partial charge is 0.339 e. The lowest BCUT2D eigenvalue weighted by Gasteiger charge is -2.31. The van der Waals surface area contributed by atoms with Crippen molar-refractivity contribution in [2.24, 2.45) is 0 Å². The van der Waals surface area contributed by atoms with Gasteiger partial charge in [0.25, 0.3) is 0 Å². The Hall–Kier alpha value is -2.67. The van der Waals surface area contributed by atoms with Gasteiger partial charge in [-0.3, -0.25) is 4.98 Å². The summed E-state index contributed by atoms with van der Waals surface area (Å²) in [5.41, 5.74) is -1.02. The van der Waals surface area contributed by atoms with Gasteiger partial charge in [0.2, 0.25) is 0 Å². The van der Waals surface area contributed by atoms with E-state index in [1.807, 2.05) is 0 Å². The van der Waals surface area contributed by atoms with Crippen molar-refractivity contribution in [1.82, 2.24) is 4.98 Å². The van der Waals surface area contributed by atoms with Crippen molar-refractivity contribution in [1.29, 1.82) is 0 Å². The molecule has 2 aromatic rings. The number of nitrogens with zero attached hydrogens (tertiary/aromatic N) is 1. The Morgan fingerprint density at radius 1 is 1.38 bits per heavy atom. The normalized spacial score (nSPS) is 16.8. The van der Waals surface area contributed by atoms with E-state index in [-0.39, 0.29) is 29.2 Å². The van der Waals surface area contributed by atoms with Crippen molar-refractivity contribution in [2.75, 3.05) is 6.61 Å². The van der Waals surface area contributed by atoms with E-state index in [1.54, 1.807) is 6.07 Å². The summed E-state index contributed by atoms with van der Waals surface area (Å²) in [6.07, 6.45) is 1.72. The van der Waals surface area contributed by atoms with Gasteiger partial charge in [-0.1, -0.05) is 6.07 Å². The number of halogens is 1. The minimum absolute atomic E-state index is 0.00831. The number of hydrogen-bond donors (Lipinski definition) is 2. The van der Waals surface area contributed by atoms with Gasteiger partial charge in [0, 0.05) is 17.3 Å². The number of hydrogen-bond acceptors (Lipinski definition) is 5. The minimum atomic E-state index is -1.44. The number of aromatic carboxylic acids is 1. The van der Waals surface area contributed by atoms with Gasteiger partial charge in [-0.25, -0.2) is 9.18 Å². The maximum atomic E-state index is 14.2. The quantitative estimate of drug-likeness (QED) is 0.898. The van der Waals surface area contributed by atoms with Crippen LogP contribution < -0.4 is 9.47 Å². The fraction of sp³-hybridized carbons (Fsp3) is 0.294. The van der Waals surface area contributed by atoms with Crippen molar-refractivity contribution in [3.63, 3.8) is 0 Å². The largest absolute Gasteiger partial charge is 0.485 e. The van der Waals surface area contributed by atoms with Crippen LogP contribution in [0.1, 0.15) is 41.4 Å². The van der Waals surface area contributed by atoms with E-state index in [4.69, 9.17) is 9.47 Å². The summed E-state index contributed by atoms with van der Waals surface area (Å²) in [5.74, 6) is -1.39. The van der Waals surface area contributed by atoms with Crippen LogP contribution in [0.5, 0.6) is 11.5 Å². The first-order chi connectivity index (χ1) is 11.3. The lowest BCUT2D eigenvalue weighted by atomic mass is 9.91. The minimum Gasteiger partial charge on any atom is -0.485 e. The number of para-hydroxylation sites is 1. The molecule has 2 N–H and O–H groups in total. The fourth-order valence-corrected chi connectivity index (χ4v) is 2.77. The highest BCUT2D eigenvalue weighted by molar-refractivity contribution is 5.92. The lowest BCUT2D eigenvalue weighted by molar-refractivity contribution is 0.0577. The van der Waals surface area contributed by atoms with Crippen LogP contribution in [0.3, 0.4) is 0 Å². The monoisotopic (exact) mass is 333 g/mol. The molecule has 0 fully saturated rings. The molecule has 1 aliphatic heterocycles. The van der Waals surface area contributed by atoms with Crippen molar-refractivity contribution >= 4 is 5.97 Å². The van der Waals surface area contributed by atoms with Crippen LogP contribution in [0.2, 0.25) is 0 Å². The zero-order chi connectivity index (χ0) is 17.5. The van der Waals surface area contributed by atoms with E-state index in [0.717, 1.165) is 6.20 Å². The molecule has 6 nitrogen and oxygen atoms in total. The average molecular weight is 333 g/mol. The summed E-state index contributed by atoms with van der Waals surface area (Å²) in [5, 5.41) is 19.4. The summed E-state index contributed by atoms with van der Waals surface area (Å²) in [4.78, 5) is 15.0. The van der Waals surface area contributed by atoms with E-state index in [9.17, 15) is 19.4 Å². The van der Waals surface area contributed by atoms with E-state index in [1.165, 1.54) is 32.2 Å². The Morgan fingerprint density at radius 3 is 2.79 bits per heavy atom. The van der Waals surface area contributed by atoms with Gasteiger partial charge >= 0.3 is 5.97 Å². The number of benzene rings is 1. The molecule has 1 atom stereocenters. The maximum absolute atomic E-state index is 14.2. The van der Waals surface area contributed by atoms with Crippen molar-refractivity contribution in [3.8, 4) is 11.5 Å². The van der Waals surface area contributed by atoms with Gasteiger partial charge in [0.15, 0.2) is 17.6 Å². The molecule has 0 amide bonds. The standard InChI is InChI=1S/C17H16FNO5/c1-17(2,22)14-10(6-19-7-11(14)18)13-8-23-15-9(16(20)21)4-3-5-12(15)24-13/h3-7,13,22H,8H2,1-2H3,(H,20,21). The third-order valence-electron chi connectivity index (χ3n) is 3.75. The van der Waals surface area contributed by atoms with Crippen molar-refractivity contribution < 1.29 is 28.9 Å². The molecular formula is C17H16FNO5. The van der Waals surface area contributed by atoms with Crippen LogP contribution in [0.4, 0.5) is 4.39 Å². The molecule has 1 aromatic heterocycles. The first-order valence-corrected chi connectivity index (χ1v) is 7.31. The van der Waals surface area contributed by atoms with Crippen LogP contribution in [0.15, 0.2) is 30.6 Å². The van der Waals surface area contributed by atoms with Gasteiger partial charge in [-0.05, 0) is 26.0 Å². The number of aromatic nitrogens is 1. The molecule has 0 bridgehead atoms. The number of pyridine rings is 1. The number of carboxylic acids is 1. The van der Waals surface area contributed by atoms with Gasteiger partial charge in [0.1, 0.15) is 18.0 Å². The Balaban J connectivity index is 2.02. The molecule has 24 heavy (non-hydrogen) atoms. The van der Waals surface area contributed by atoms with Crippen LogP contribution in [-0.4, -0.2) is 27.8 Å². The SMILES string of the molecule is CC(C)(O)c1c(F)cncc1C1COc2c(cccc2C(=O)O)O1. The Labute approximate surface area is 137 Å². The molecule has 7 heteroatoms. The van der Waals surface area contributed by atoms with Crippen LogP contribution in [-0.2, 0) is 5.60 Å². The number of ether oxygens (including phenoxy) is 2. The van der Waals surface area contributed by atoms with Gasteiger partial charge in [0.05, 0.1) is 11.8 Å². The van der Waals surface area contributed by atoms with Gasteiger partial charge in [-0.15, -0.1) is 0 Å². The first-order valence-electron chi connectivity index (χ1n) is 7.31. The Kier molecular flexibility index (Phi) is 3.88. The molecule has 0 saturated heterocycles. The van der Waals surface area contributed by atoms with Gasteiger partial charge < -0.3 is 19.7 Å². The molecule has 2 heterocycles. The van der Waals surface area contributed by atoms with Crippen LogP contribution in [0, 0.1) is 5.82 Å². The average Bonchev–Trinajstić information content (AvgIpc) is 2.52. The fourth-order valence-electron chi connectivity index (χ4n) is 2.77. The predicted octanol–water partition coefficient (Wildman–Crippen LogP) is 2.66. The molecule has 1 aromatic carbocycles. The molecule has 0 saturated carbocycles. The molecule has 0 radical (unpaired) electrons. The second-order valence-corrected chi connectivity index (χ2v) is 6.00. The van der Waals surface area contributed by atoms with E-state index in [0.29, 0.717) is 5.56 Å². The summed E-state index contributed by atoms with van der Waals surface area (Å²) in [7, 11) is 0. The molecular weight excluding hydrogens is 317 g/mol. The number of aliphatic hydroxyl groups is 1. The molecule has 0 aliphatic carbocycles. The highest BCUT2D eigenvalue weighted by Crippen LogP contribution is 2.41. The third-order valence-corrected chi connectivity index (χ3v) is 3.75. The zero-order valence-electron chi connectivity index (χ0n) is 13.1. The first kappa shape index (κ1) is 16.2. The zero-order valence-corrected chi connectivity index (χ0v) is 13.1. The molecule has 3 rings (SSSR count). The molecule has 1 unspecified atom stereocenters. The number of carboxylic acid groups (broad SMARTS) is 1. The highest BCUT2D eigenvalue weighted by Gasteiger charge is 2.33. The topological polar surface area (TPSA) is 88.9 Å². The van der Waals surface area contributed by atoms with Crippen molar-refractivity contribution in [2.45, 2.75) is 25.6 Å². The Morgan fingerprint density at radius 2 is 2.12 bits per heavy atom. The summed E-state index contributed by atoms with van der Waals surface area (Å²) in [6, 6.07) is 4.52. The van der Waals surface area contributed by atoms with Crippen molar-refractivity contribution in [3.05, 3.63) is 53.1 Å².